The first-order chi connectivity index (χ1) is 10.4. The Bertz CT molecular complexity index is 745. The SMILES string of the molecule is COc1c(C)cc(Cl)cc1NS(=O)(=O)CCc1ccccc1. The highest BCUT2D eigenvalue weighted by Crippen LogP contribution is 2.32. The van der Waals surface area contributed by atoms with Crippen LogP contribution < -0.4 is 9.46 Å². The lowest BCUT2D eigenvalue weighted by molar-refractivity contribution is 0.414. The molecule has 0 saturated carbocycles. The molecule has 0 spiro atoms. The lowest BCUT2D eigenvalue weighted by Crippen LogP contribution is -2.18. The molecule has 0 aliphatic heterocycles. The van der Waals surface area contributed by atoms with E-state index in [1.54, 1.807) is 12.1 Å². The molecular weight excluding hydrogens is 322 g/mol. The van der Waals surface area contributed by atoms with Crippen LogP contribution in [-0.4, -0.2) is 21.3 Å². The van der Waals surface area contributed by atoms with E-state index in [9.17, 15) is 8.42 Å². The van der Waals surface area contributed by atoms with Gasteiger partial charge in [0.15, 0.2) is 0 Å². The van der Waals surface area contributed by atoms with Crippen molar-refractivity contribution in [1.29, 1.82) is 0 Å². The van der Waals surface area contributed by atoms with Crippen molar-refractivity contribution in [3.63, 3.8) is 0 Å². The molecule has 118 valence electrons. The molecule has 0 heterocycles. The predicted molar refractivity (Wildman–Crippen MR) is 90.3 cm³/mol. The predicted octanol–water partition coefficient (Wildman–Crippen LogP) is 3.64. The first kappa shape index (κ1) is 16.6. The van der Waals surface area contributed by atoms with Gasteiger partial charge in [0.2, 0.25) is 10.0 Å². The molecule has 0 radical (unpaired) electrons. The summed E-state index contributed by atoms with van der Waals surface area (Å²) in [5.74, 6) is 0.471. The highest BCUT2D eigenvalue weighted by atomic mass is 35.5. The summed E-state index contributed by atoms with van der Waals surface area (Å²) in [5, 5.41) is 0.457. The quantitative estimate of drug-likeness (QED) is 0.874. The molecular formula is C16H18ClNO3S. The monoisotopic (exact) mass is 339 g/mol. The van der Waals surface area contributed by atoms with Gasteiger partial charge in [0, 0.05) is 5.02 Å². The van der Waals surface area contributed by atoms with Crippen molar-refractivity contribution in [3.8, 4) is 5.75 Å². The molecule has 0 bridgehead atoms. The van der Waals surface area contributed by atoms with E-state index in [0.29, 0.717) is 22.9 Å². The van der Waals surface area contributed by atoms with E-state index in [1.165, 1.54) is 7.11 Å². The van der Waals surface area contributed by atoms with Gasteiger partial charge >= 0.3 is 0 Å². The van der Waals surface area contributed by atoms with Crippen LogP contribution in [0, 0.1) is 6.92 Å². The van der Waals surface area contributed by atoms with Crippen LogP contribution in [0.5, 0.6) is 5.75 Å². The van der Waals surface area contributed by atoms with E-state index in [4.69, 9.17) is 16.3 Å². The van der Waals surface area contributed by atoms with Crippen molar-refractivity contribution in [2.24, 2.45) is 0 Å². The Labute approximate surface area is 136 Å². The first-order valence-electron chi connectivity index (χ1n) is 6.80. The van der Waals surface area contributed by atoms with Gasteiger partial charge in [-0.25, -0.2) is 8.42 Å². The number of sulfonamides is 1. The zero-order valence-electron chi connectivity index (χ0n) is 12.5. The number of anilines is 1. The summed E-state index contributed by atoms with van der Waals surface area (Å²) in [5.41, 5.74) is 2.11. The molecule has 22 heavy (non-hydrogen) atoms. The molecule has 0 fully saturated rings. The zero-order chi connectivity index (χ0) is 16.2. The Balaban J connectivity index is 2.15. The number of aryl methyl sites for hydroxylation is 2. The second kappa shape index (κ2) is 7.03. The normalized spacial score (nSPS) is 11.2. The van der Waals surface area contributed by atoms with E-state index in [1.807, 2.05) is 37.3 Å². The van der Waals surface area contributed by atoms with Crippen LogP contribution in [0.25, 0.3) is 0 Å². The van der Waals surface area contributed by atoms with Gasteiger partial charge in [-0.05, 0) is 36.6 Å². The summed E-state index contributed by atoms with van der Waals surface area (Å²) in [6.07, 6.45) is 0.442. The van der Waals surface area contributed by atoms with E-state index in [-0.39, 0.29) is 5.75 Å². The molecule has 1 N–H and O–H groups in total. The van der Waals surface area contributed by atoms with Gasteiger partial charge in [-0.15, -0.1) is 0 Å². The van der Waals surface area contributed by atoms with E-state index >= 15 is 0 Å². The lowest BCUT2D eigenvalue weighted by atomic mass is 10.2. The van der Waals surface area contributed by atoms with Gasteiger partial charge in [0.1, 0.15) is 5.75 Å². The van der Waals surface area contributed by atoms with E-state index < -0.39 is 10.0 Å². The largest absolute Gasteiger partial charge is 0.494 e. The topological polar surface area (TPSA) is 55.4 Å². The molecule has 0 aliphatic rings. The highest BCUT2D eigenvalue weighted by Gasteiger charge is 2.16. The van der Waals surface area contributed by atoms with Crippen LogP contribution in [0.15, 0.2) is 42.5 Å². The standard InChI is InChI=1S/C16H18ClNO3S/c1-12-10-14(17)11-15(16(12)21-2)18-22(19,20)9-8-13-6-4-3-5-7-13/h3-7,10-11,18H,8-9H2,1-2H3. The summed E-state index contributed by atoms with van der Waals surface area (Å²) in [6.45, 7) is 1.81. The van der Waals surface area contributed by atoms with Crippen LogP contribution in [0.4, 0.5) is 5.69 Å². The Hall–Kier alpha value is -1.72. The average Bonchev–Trinajstić information content (AvgIpc) is 2.45. The second-order valence-electron chi connectivity index (χ2n) is 4.96. The average molecular weight is 340 g/mol. The van der Waals surface area contributed by atoms with Crippen molar-refractivity contribution in [3.05, 3.63) is 58.6 Å². The van der Waals surface area contributed by atoms with E-state index in [2.05, 4.69) is 4.72 Å². The van der Waals surface area contributed by atoms with E-state index in [0.717, 1.165) is 11.1 Å². The van der Waals surface area contributed by atoms with Crippen LogP contribution >= 0.6 is 11.6 Å². The third-order valence-corrected chi connectivity index (χ3v) is 4.70. The summed E-state index contributed by atoms with van der Waals surface area (Å²) >= 11 is 5.99. The van der Waals surface area contributed by atoms with Gasteiger partial charge in [-0.1, -0.05) is 41.9 Å². The van der Waals surface area contributed by atoms with Crippen molar-refractivity contribution >= 4 is 27.3 Å². The number of benzene rings is 2. The summed E-state index contributed by atoms with van der Waals surface area (Å²) in [4.78, 5) is 0. The molecule has 0 atom stereocenters. The molecule has 0 aliphatic carbocycles. The third kappa shape index (κ3) is 4.39. The van der Waals surface area contributed by atoms with Crippen molar-refractivity contribution in [2.45, 2.75) is 13.3 Å². The number of nitrogens with one attached hydrogen (secondary N) is 1. The van der Waals surface area contributed by atoms with Gasteiger partial charge in [-0.3, -0.25) is 4.72 Å². The minimum Gasteiger partial charge on any atom is -0.494 e. The van der Waals surface area contributed by atoms with Gasteiger partial charge in [-0.2, -0.15) is 0 Å². The van der Waals surface area contributed by atoms with Gasteiger partial charge < -0.3 is 4.74 Å². The Morgan fingerprint density at radius 3 is 2.50 bits per heavy atom. The molecule has 2 aromatic rings. The number of ether oxygens (including phenoxy) is 1. The third-order valence-electron chi connectivity index (χ3n) is 3.21. The summed E-state index contributed by atoms with van der Waals surface area (Å²) in [7, 11) is -1.99. The van der Waals surface area contributed by atoms with Gasteiger partial charge in [0.05, 0.1) is 18.6 Å². The summed E-state index contributed by atoms with van der Waals surface area (Å²) in [6, 6.07) is 12.8. The van der Waals surface area contributed by atoms with Crippen LogP contribution in [-0.2, 0) is 16.4 Å². The van der Waals surface area contributed by atoms with Crippen molar-refractivity contribution in [2.75, 3.05) is 17.6 Å². The zero-order valence-corrected chi connectivity index (χ0v) is 14.0. The number of methoxy groups -OCH3 is 1. The number of rotatable bonds is 6. The number of halogens is 1. The molecule has 0 aromatic heterocycles. The fourth-order valence-electron chi connectivity index (χ4n) is 2.19. The Morgan fingerprint density at radius 1 is 1.18 bits per heavy atom. The molecule has 4 nitrogen and oxygen atoms in total. The fourth-order valence-corrected chi connectivity index (χ4v) is 3.56. The fraction of sp³-hybridized carbons (Fsp3) is 0.250. The lowest BCUT2D eigenvalue weighted by Gasteiger charge is -2.14. The highest BCUT2D eigenvalue weighted by molar-refractivity contribution is 7.92. The number of hydrogen-bond donors (Lipinski definition) is 1. The van der Waals surface area contributed by atoms with Crippen molar-refractivity contribution in [1.82, 2.24) is 0 Å². The van der Waals surface area contributed by atoms with Crippen LogP contribution in [0.1, 0.15) is 11.1 Å². The molecule has 0 unspecified atom stereocenters. The minimum absolute atomic E-state index is 0.00821. The summed E-state index contributed by atoms with van der Waals surface area (Å²) < 4.78 is 32.3. The Morgan fingerprint density at radius 2 is 1.86 bits per heavy atom. The minimum atomic E-state index is -3.49. The molecule has 0 amide bonds. The molecule has 6 heteroatoms. The molecule has 0 saturated heterocycles. The van der Waals surface area contributed by atoms with Crippen LogP contribution in [0.2, 0.25) is 5.02 Å². The first-order valence-corrected chi connectivity index (χ1v) is 8.83. The second-order valence-corrected chi connectivity index (χ2v) is 7.24. The molecule has 2 aromatic carbocycles. The maximum absolute atomic E-state index is 12.3. The number of hydrogen-bond acceptors (Lipinski definition) is 3. The molecule has 2 rings (SSSR count). The van der Waals surface area contributed by atoms with Crippen LogP contribution in [0.3, 0.4) is 0 Å². The maximum atomic E-state index is 12.3. The van der Waals surface area contributed by atoms with Crippen molar-refractivity contribution < 1.29 is 13.2 Å². The smallest absolute Gasteiger partial charge is 0.233 e. The van der Waals surface area contributed by atoms with Gasteiger partial charge in [0.25, 0.3) is 0 Å². The maximum Gasteiger partial charge on any atom is 0.233 e. The Kier molecular flexibility index (Phi) is 5.32.